The van der Waals surface area contributed by atoms with Gasteiger partial charge in [-0.05, 0) is 18.4 Å². The third-order valence-electron chi connectivity index (χ3n) is 3.82. The first-order valence-corrected chi connectivity index (χ1v) is 6.60. The number of amides is 1. The van der Waals surface area contributed by atoms with Crippen LogP contribution >= 0.6 is 0 Å². The molecule has 1 aliphatic heterocycles. The van der Waals surface area contributed by atoms with Gasteiger partial charge in [0.1, 0.15) is 6.04 Å². The molecule has 0 aromatic rings. The summed E-state index contributed by atoms with van der Waals surface area (Å²) in [5.74, 6) is -0.0907. The number of ether oxygens (including phenoxy) is 1. The maximum atomic E-state index is 12.1. The molecular weight excluding hydrogens is 232 g/mol. The van der Waals surface area contributed by atoms with Gasteiger partial charge in [-0.3, -0.25) is 4.79 Å². The fourth-order valence-corrected chi connectivity index (χ4v) is 2.22. The van der Waals surface area contributed by atoms with Crippen LogP contribution in [0.15, 0.2) is 0 Å². The van der Waals surface area contributed by atoms with Crippen molar-refractivity contribution in [1.29, 1.82) is 0 Å². The average Bonchev–Trinajstić information content (AvgIpc) is 2.80. The second-order valence-electron chi connectivity index (χ2n) is 5.14. The number of rotatable bonds is 5. The molecule has 4 atom stereocenters. The zero-order valence-corrected chi connectivity index (χ0v) is 11.7. The summed E-state index contributed by atoms with van der Waals surface area (Å²) >= 11 is 0. The normalized spacial score (nSPS) is 26.4. The van der Waals surface area contributed by atoms with Gasteiger partial charge in [0.15, 0.2) is 0 Å². The van der Waals surface area contributed by atoms with Crippen LogP contribution in [0.5, 0.6) is 0 Å². The van der Waals surface area contributed by atoms with E-state index in [1.807, 2.05) is 20.8 Å². The predicted octanol–water partition coefficient (Wildman–Crippen LogP) is 0.546. The number of esters is 1. The third-order valence-corrected chi connectivity index (χ3v) is 3.82. The first-order valence-electron chi connectivity index (χ1n) is 6.60. The van der Waals surface area contributed by atoms with Crippen LogP contribution in [0.3, 0.4) is 0 Å². The minimum absolute atomic E-state index is 0.0526. The molecule has 1 saturated heterocycles. The topological polar surface area (TPSA) is 67.4 Å². The standard InChI is InChI=1S/C13H24N2O3/c1-5-8(2)11(13(17)18-4)15-12(16)10-7-14-6-9(10)3/h8-11,14H,5-7H2,1-4H3,(H,15,16)/t8?,9-,10-,11?/m1/s1. The van der Waals surface area contributed by atoms with E-state index in [1.165, 1.54) is 7.11 Å². The molecule has 5 heteroatoms. The van der Waals surface area contributed by atoms with E-state index in [-0.39, 0.29) is 23.7 Å². The molecular formula is C13H24N2O3. The number of methoxy groups -OCH3 is 1. The first-order chi connectivity index (χ1) is 8.51. The molecule has 0 bridgehead atoms. The van der Waals surface area contributed by atoms with Crippen LogP contribution in [0, 0.1) is 17.8 Å². The van der Waals surface area contributed by atoms with Crippen molar-refractivity contribution < 1.29 is 14.3 Å². The fourth-order valence-electron chi connectivity index (χ4n) is 2.22. The smallest absolute Gasteiger partial charge is 0.328 e. The lowest BCUT2D eigenvalue weighted by Gasteiger charge is -2.24. The molecule has 0 aromatic heterocycles. The molecule has 104 valence electrons. The van der Waals surface area contributed by atoms with Crippen LogP contribution in [0.25, 0.3) is 0 Å². The Kier molecular flexibility index (Phi) is 5.59. The van der Waals surface area contributed by atoms with Crippen LogP contribution in [0.4, 0.5) is 0 Å². The lowest BCUT2D eigenvalue weighted by atomic mass is 9.94. The van der Waals surface area contributed by atoms with E-state index in [0.29, 0.717) is 12.5 Å². The molecule has 1 amide bonds. The molecule has 1 aliphatic rings. The van der Waals surface area contributed by atoms with Crippen molar-refractivity contribution in [2.75, 3.05) is 20.2 Å². The Morgan fingerprint density at radius 2 is 2.11 bits per heavy atom. The molecule has 0 saturated carbocycles. The molecule has 5 nitrogen and oxygen atoms in total. The number of carbonyl (C=O) groups excluding carboxylic acids is 2. The summed E-state index contributed by atoms with van der Waals surface area (Å²) in [6, 6.07) is -0.541. The largest absolute Gasteiger partial charge is 0.467 e. The Bertz CT molecular complexity index is 307. The van der Waals surface area contributed by atoms with Gasteiger partial charge in [0.05, 0.1) is 13.0 Å². The van der Waals surface area contributed by atoms with Gasteiger partial charge in [0.25, 0.3) is 0 Å². The third kappa shape index (κ3) is 3.45. The van der Waals surface area contributed by atoms with Crippen LogP contribution < -0.4 is 10.6 Å². The quantitative estimate of drug-likeness (QED) is 0.705. The summed E-state index contributed by atoms with van der Waals surface area (Å²) in [5.41, 5.74) is 0. The average molecular weight is 256 g/mol. The molecule has 0 spiro atoms. The maximum absolute atomic E-state index is 12.1. The van der Waals surface area contributed by atoms with Gasteiger partial charge in [-0.15, -0.1) is 0 Å². The van der Waals surface area contributed by atoms with E-state index in [0.717, 1.165) is 13.0 Å². The molecule has 1 heterocycles. The maximum Gasteiger partial charge on any atom is 0.328 e. The lowest BCUT2D eigenvalue weighted by molar-refractivity contribution is -0.147. The van der Waals surface area contributed by atoms with Gasteiger partial charge in [-0.1, -0.05) is 27.2 Å². The van der Waals surface area contributed by atoms with Gasteiger partial charge >= 0.3 is 5.97 Å². The highest BCUT2D eigenvalue weighted by atomic mass is 16.5. The second kappa shape index (κ2) is 6.73. The lowest BCUT2D eigenvalue weighted by Crippen LogP contribution is -2.48. The minimum Gasteiger partial charge on any atom is -0.467 e. The van der Waals surface area contributed by atoms with Gasteiger partial charge in [-0.25, -0.2) is 4.79 Å². The van der Waals surface area contributed by atoms with E-state index < -0.39 is 6.04 Å². The van der Waals surface area contributed by atoms with Gasteiger partial charge in [-0.2, -0.15) is 0 Å². The molecule has 0 aromatic carbocycles. The molecule has 0 aliphatic carbocycles. The molecule has 1 rings (SSSR count). The highest BCUT2D eigenvalue weighted by Crippen LogP contribution is 2.17. The zero-order valence-electron chi connectivity index (χ0n) is 11.7. The Morgan fingerprint density at radius 1 is 1.44 bits per heavy atom. The number of hydrogen-bond acceptors (Lipinski definition) is 4. The number of hydrogen-bond donors (Lipinski definition) is 2. The van der Waals surface area contributed by atoms with Crippen molar-refractivity contribution in [3.05, 3.63) is 0 Å². The Labute approximate surface area is 109 Å². The molecule has 18 heavy (non-hydrogen) atoms. The zero-order chi connectivity index (χ0) is 13.7. The Balaban J connectivity index is 2.65. The van der Waals surface area contributed by atoms with Crippen molar-refractivity contribution in [2.45, 2.75) is 33.2 Å². The summed E-state index contributed by atoms with van der Waals surface area (Å²) in [6.07, 6.45) is 0.818. The summed E-state index contributed by atoms with van der Waals surface area (Å²) in [7, 11) is 1.35. The predicted molar refractivity (Wildman–Crippen MR) is 68.9 cm³/mol. The SMILES string of the molecule is CCC(C)C(NC(=O)[C@@H]1CNC[C@H]1C)C(=O)OC. The monoisotopic (exact) mass is 256 g/mol. The highest BCUT2D eigenvalue weighted by molar-refractivity contribution is 5.86. The van der Waals surface area contributed by atoms with Crippen LogP contribution in [-0.2, 0) is 14.3 Å². The van der Waals surface area contributed by atoms with Crippen molar-refractivity contribution >= 4 is 11.9 Å². The summed E-state index contributed by atoms with van der Waals surface area (Å²) in [4.78, 5) is 23.8. The van der Waals surface area contributed by atoms with Crippen LogP contribution in [0.1, 0.15) is 27.2 Å². The summed E-state index contributed by atoms with van der Waals surface area (Å²) < 4.78 is 4.76. The van der Waals surface area contributed by atoms with Crippen molar-refractivity contribution in [3.8, 4) is 0 Å². The van der Waals surface area contributed by atoms with E-state index in [9.17, 15) is 9.59 Å². The molecule has 2 unspecified atom stereocenters. The van der Waals surface area contributed by atoms with E-state index >= 15 is 0 Å². The summed E-state index contributed by atoms with van der Waals surface area (Å²) in [5, 5.41) is 6.02. The van der Waals surface area contributed by atoms with Crippen molar-refractivity contribution in [2.24, 2.45) is 17.8 Å². The van der Waals surface area contributed by atoms with E-state index in [2.05, 4.69) is 10.6 Å². The molecule has 2 N–H and O–H groups in total. The molecule has 1 fully saturated rings. The highest BCUT2D eigenvalue weighted by Gasteiger charge is 2.34. The van der Waals surface area contributed by atoms with Crippen molar-refractivity contribution in [3.63, 3.8) is 0 Å². The first kappa shape index (κ1) is 15.0. The van der Waals surface area contributed by atoms with Crippen LogP contribution in [0.2, 0.25) is 0 Å². The van der Waals surface area contributed by atoms with Gasteiger partial charge in [0.2, 0.25) is 5.91 Å². The summed E-state index contributed by atoms with van der Waals surface area (Å²) in [6.45, 7) is 7.51. The van der Waals surface area contributed by atoms with Crippen molar-refractivity contribution in [1.82, 2.24) is 10.6 Å². The number of carbonyl (C=O) groups is 2. The Hall–Kier alpha value is -1.10. The molecule has 0 radical (unpaired) electrons. The van der Waals surface area contributed by atoms with Crippen LogP contribution in [-0.4, -0.2) is 38.1 Å². The minimum atomic E-state index is -0.541. The fraction of sp³-hybridized carbons (Fsp3) is 0.846. The second-order valence-corrected chi connectivity index (χ2v) is 5.14. The van der Waals surface area contributed by atoms with E-state index in [4.69, 9.17) is 4.74 Å². The Morgan fingerprint density at radius 3 is 2.56 bits per heavy atom. The van der Waals surface area contributed by atoms with E-state index in [1.54, 1.807) is 0 Å². The van der Waals surface area contributed by atoms with Gasteiger partial charge in [0, 0.05) is 6.54 Å². The van der Waals surface area contributed by atoms with Gasteiger partial charge < -0.3 is 15.4 Å². The number of nitrogens with one attached hydrogen (secondary N) is 2.